The number of hydrogen-bond donors (Lipinski definition) is 1. The fourth-order valence-electron chi connectivity index (χ4n) is 1.53. The molecule has 0 unspecified atom stereocenters. The first-order valence-electron chi connectivity index (χ1n) is 5.05. The lowest BCUT2D eigenvalue weighted by Gasteiger charge is -2.11. The first-order valence-corrected chi connectivity index (χ1v) is 5.05. The zero-order chi connectivity index (χ0) is 10.2. The van der Waals surface area contributed by atoms with E-state index >= 15 is 0 Å². The van der Waals surface area contributed by atoms with Crippen molar-refractivity contribution >= 4 is 0 Å². The number of aryl methyl sites for hydroxylation is 1. The Balaban J connectivity index is 2.26. The Bertz CT molecular complexity index is 391. The zero-order valence-electron chi connectivity index (χ0n) is 8.36. The lowest BCUT2D eigenvalue weighted by atomic mass is 10.2. The van der Waals surface area contributed by atoms with Gasteiger partial charge in [-0.2, -0.15) is 0 Å². The summed E-state index contributed by atoms with van der Waals surface area (Å²) in [5.74, 6) is 0. The van der Waals surface area contributed by atoms with Crippen LogP contribution in [0.25, 0.3) is 0 Å². The van der Waals surface area contributed by atoms with Crippen molar-refractivity contribution in [1.82, 2.24) is 4.57 Å². The van der Waals surface area contributed by atoms with Gasteiger partial charge in [0.1, 0.15) is 0 Å². The molecule has 0 amide bonds. The van der Waals surface area contributed by atoms with Crippen molar-refractivity contribution in [1.29, 1.82) is 0 Å². The molecular formula is C11H15NO2. The Labute approximate surface area is 83.0 Å². The Morgan fingerprint density at radius 1 is 1.50 bits per heavy atom. The molecule has 1 aromatic heterocycles. The smallest absolute Gasteiger partial charge is 0.250 e. The molecule has 1 N–H and O–H groups in total. The minimum absolute atomic E-state index is 0.0254. The van der Waals surface area contributed by atoms with Gasteiger partial charge in [0.25, 0.3) is 5.56 Å². The number of hydrogen-bond acceptors (Lipinski definition) is 2. The Kier molecular flexibility index (Phi) is 2.19. The summed E-state index contributed by atoms with van der Waals surface area (Å²) < 4.78 is 1.62. The van der Waals surface area contributed by atoms with Crippen molar-refractivity contribution in [2.24, 2.45) is 0 Å². The van der Waals surface area contributed by atoms with Gasteiger partial charge < -0.3 is 9.67 Å². The molecule has 76 valence electrons. The van der Waals surface area contributed by atoms with Gasteiger partial charge in [0.15, 0.2) is 0 Å². The molecule has 1 heterocycles. The van der Waals surface area contributed by atoms with Gasteiger partial charge >= 0.3 is 0 Å². The second-order valence-corrected chi connectivity index (χ2v) is 4.08. The summed E-state index contributed by atoms with van der Waals surface area (Å²) in [4.78, 5) is 11.4. The van der Waals surface area contributed by atoms with Gasteiger partial charge in [-0.15, -0.1) is 0 Å². The van der Waals surface area contributed by atoms with Gasteiger partial charge in [-0.1, -0.05) is 13.0 Å². The summed E-state index contributed by atoms with van der Waals surface area (Å²) in [7, 11) is 0. The molecular weight excluding hydrogens is 178 g/mol. The molecule has 1 saturated carbocycles. The van der Waals surface area contributed by atoms with Gasteiger partial charge in [0, 0.05) is 12.3 Å². The fraction of sp³-hybridized carbons (Fsp3) is 0.545. The maximum atomic E-state index is 11.4. The van der Waals surface area contributed by atoms with Crippen LogP contribution in [0, 0.1) is 0 Å². The van der Waals surface area contributed by atoms with Gasteiger partial charge in [-0.25, -0.2) is 0 Å². The SMILES string of the molecule is CCc1ccc(=O)n(CC2(O)CC2)c1. The minimum Gasteiger partial charge on any atom is -0.388 e. The topological polar surface area (TPSA) is 42.2 Å². The first kappa shape index (κ1) is 9.46. The molecule has 14 heavy (non-hydrogen) atoms. The third-order valence-corrected chi connectivity index (χ3v) is 2.74. The first-order chi connectivity index (χ1) is 6.63. The maximum absolute atomic E-state index is 11.4. The molecule has 1 aliphatic rings. The summed E-state index contributed by atoms with van der Waals surface area (Å²) >= 11 is 0. The summed E-state index contributed by atoms with van der Waals surface area (Å²) in [6, 6.07) is 3.42. The predicted molar refractivity (Wildman–Crippen MR) is 54.3 cm³/mol. The molecule has 1 aromatic rings. The van der Waals surface area contributed by atoms with Crippen LogP contribution in [-0.4, -0.2) is 15.3 Å². The van der Waals surface area contributed by atoms with E-state index < -0.39 is 5.60 Å². The van der Waals surface area contributed by atoms with Crippen LogP contribution in [0.1, 0.15) is 25.3 Å². The predicted octanol–water partition coefficient (Wildman–Crippen LogP) is 0.936. The van der Waals surface area contributed by atoms with E-state index in [1.165, 1.54) is 0 Å². The summed E-state index contributed by atoms with van der Waals surface area (Å²) in [5, 5.41) is 9.71. The highest BCUT2D eigenvalue weighted by atomic mass is 16.3. The summed E-state index contributed by atoms with van der Waals surface area (Å²) in [6.45, 7) is 2.50. The third-order valence-electron chi connectivity index (χ3n) is 2.74. The number of aliphatic hydroxyl groups is 1. The van der Waals surface area contributed by atoms with E-state index in [0.717, 1.165) is 24.8 Å². The van der Waals surface area contributed by atoms with E-state index in [1.54, 1.807) is 10.6 Å². The highest BCUT2D eigenvalue weighted by molar-refractivity contribution is 5.10. The van der Waals surface area contributed by atoms with E-state index in [0.29, 0.717) is 6.54 Å². The molecule has 0 bridgehead atoms. The standard InChI is InChI=1S/C11H15NO2/c1-2-9-3-4-10(13)12(7-9)8-11(14)5-6-11/h3-4,7,14H,2,5-6,8H2,1H3. The zero-order valence-corrected chi connectivity index (χ0v) is 8.36. The molecule has 0 radical (unpaired) electrons. The van der Waals surface area contributed by atoms with Crippen molar-refractivity contribution in [3.8, 4) is 0 Å². The van der Waals surface area contributed by atoms with Crippen LogP contribution in [0.2, 0.25) is 0 Å². The number of aromatic nitrogens is 1. The van der Waals surface area contributed by atoms with Crippen LogP contribution in [-0.2, 0) is 13.0 Å². The van der Waals surface area contributed by atoms with E-state index in [-0.39, 0.29) is 5.56 Å². The Morgan fingerprint density at radius 2 is 2.21 bits per heavy atom. The van der Waals surface area contributed by atoms with E-state index in [2.05, 4.69) is 6.92 Å². The van der Waals surface area contributed by atoms with Crippen LogP contribution in [0.15, 0.2) is 23.1 Å². The molecule has 0 atom stereocenters. The average Bonchev–Trinajstić information content (AvgIpc) is 2.88. The Hall–Kier alpha value is -1.09. The number of pyridine rings is 1. The van der Waals surface area contributed by atoms with Gasteiger partial charge in [0.2, 0.25) is 0 Å². The monoisotopic (exact) mass is 193 g/mol. The maximum Gasteiger partial charge on any atom is 0.250 e. The largest absolute Gasteiger partial charge is 0.388 e. The number of nitrogens with zero attached hydrogens (tertiary/aromatic N) is 1. The minimum atomic E-state index is -0.601. The molecule has 0 spiro atoms. The second-order valence-electron chi connectivity index (χ2n) is 4.08. The molecule has 3 heteroatoms. The van der Waals surface area contributed by atoms with E-state index in [4.69, 9.17) is 0 Å². The van der Waals surface area contributed by atoms with Gasteiger partial charge in [-0.3, -0.25) is 4.79 Å². The van der Waals surface area contributed by atoms with Gasteiger partial charge in [0.05, 0.1) is 12.1 Å². The summed E-state index contributed by atoms with van der Waals surface area (Å²) in [5.41, 5.74) is 0.507. The third kappa shape index (κ3) is 1.87. The van der Waals surface area contributed by atoms with Crippen molar-refractivity contribution in [3.05, 3.63) is 34.2 Å². The lowest BCUT2D eigenvalue weighted by Crippen LogP contribution is -2.27. The van der Waals surface area contributed by atoms with Crippen LogP contribution >= 0.6 is 0 Å². The highest BCUT2D eigenvalue weighted by Crippen LogP contribution is 2.36. The van der Waals surface area contributed by atoms with Crippen LogP contribution in [0.4, 0.5) is 0 Å². The quantitative estimate of drug-likeness (QED) is 0.776. The normalized spacial score (nSPS) is 18.1. The molecule has 3 nitrogen and oxygen atoms in total. The molecule has 1 aliphatic carbocycles. The second kappa shape index (κ2) is 3.24. The summed E-state index contributed by atoms with van der Waals surface area (Å²) in [6.07, 6.45) is 4.39. The molecule has 2 rings (SSSR count). The molecule has 0 aromatic carbocycles. The van der Waals surface area contributed by atoms with Crippen molar-refractivity contribution in [2.75, 3.05) is 0 Å². The van der Waals surface area contributed by atoms with E-state index in [9.17, 15) is 9.90 Å². The fourth-order valence-corrected chi connectivity index (χ4v) is 1.53. The Morgan fingerprint density at radius 3 is 2.79 bits per heavy atom. The van der Waals surface area contributed by atoms with Gasteiger partial charge in [-0.05, 0) is 24.8 Å². The molecule has 0 saturated heterocycles. The van der Waals surface area contributed by atoms with Crippen molar-refractivity contribution in [3.63, 3.8) is 0 Å². The number of rotatable bonds is 3. The molecule has 0 aliphatic heterocycles. The van der Waals surface area contributed by atoms with Crippen LogP contribution < -0.4 is 5.56 Å². The van der Waals surface area contributed by atoms with Crippen LogP contribution in [0.3, 0.4) is 0 Å². The molecule has 1 fully saturated rings. The van der Waals surface area contributed by atoms with Crippen LogP contribution in [0.5, 0.6) is 0 Å². The van der Waals surface area contributed by atoms with Crippen molar-refractivity contribution < 1.29 is 5.11 Å². The lowest BCUT2D eigenvalue weighted by molar-refractivity contribution is 0.128. The average molecular weight is 193 g/mol. The van der Waals surface area contributed by atoms with Crippen molar-refractivity contribution in [2.45, 2.75) is 38.3 Å². The highest BCUT2D eigenvalue weighted by Gasteiger charge is 2.40. The van der Waals surface area contributed by atoms with E-state index in [1.807, 2.05) is 12.3 Å².